The molecule has 2 nitrogen and oxygen atoms in total. The number of rotatable bonds is 3. The second kappa shape index (κ2) is 4.60. The number of hydrogen-bond acceptors (Lipinski definition) is 1. The van der Waals surface area contributed by atoms with Gasteiger partial charge in [-0.2, -0.15) is 0 Å². The van der Waals surface area contributed by atoms with Gasteiger partial charge in [0.25, 0.3) is 0 Å². The SMILES string of the molecule is CC(C)Cc1nc2n(c1C(C)C)CCCC2. The first kappa shape index (κ1) is 11.7. The van der Waals surface area contributed by atoms with E-state index in [4.69, 9.17) is 4.98 Å². The largest absolute Gasteiger partial charge is 0.332 e. The van der Waals surface area contributed by atoms with Crippen molar-refractivity contribution in [3.63, 3.8) is 0 Å². The summed E-state index contributed by atoms with van der Waals surface area (Å²) in [7, 11) is 0. The number of nitrogens with zero attached hydrogens (tertiary/aromatic N) is 2. The molecule has 0 aromatic carbocycles. The molecule has 2 heterocycles. The van der Waals surface area contributed by atoms with Crippen LogP contribution in [0.2, 0.25) is 0 Å². The van der Waals surface area contributed by atoms with E-state index in [0.717, 1.165) is 6.42 Å². The van der Waals surface area contributed by atoms with E-state index in [2.05, 4.69) is 32.3 Å². The van der Waals surface area contributed by atoms with Crippen LogP contribution in [0.25, 0.3) is 0 Å². The minimum absolute atomic E-state index is 0.605. The van der Waals surface area contributed by atoms with Crippen LogP contribution in [0.1, 0.15) is 63.7 Å². The highest BCUT2D eigenvalue weighted by Crippen LogP contribution is 2.27. The molecular weight excluding hydrogens is 196 g/mol. The highest BCUT2D eigenvalue weighted by Gasteiger charge is 2.21. The third-order valence-corrected chi connectivity index (χ3v) is 3.34. The van der Waals surface area contributed by atoms with Crippen molar-refractivity contribution in [2.45, 2.75) is 65.8 Å². The zero-order valence-corrected chi connectivity index (χ0v) is 11.1. The van der Waals surface area contributed by atoms with E-state index in [0.29, 0.717) is 11.8 Å². The second-order valence-corrected chi connectivity index (χ2v) is 5.72. The highest BCUT2D eigenvalue weighted by atomic mass is 15.1. The van der Waals surface area contributed by atoms with Crippen molar-refractivity contribution in [3.8, 4) is 0 Å². The first-order valence-electron chi connectivity index (χ1n) is 6.67. The summed E-state index contributed by atoms with van der Waals surface area (Å²) in [5, 5.41) is 0. The molecule has 0 unspecified atom stereocenters. The van der Waals surface area contributed by atoms with Gasteiger partial charge in [-0.05, 0) is 31.1 Å². The lowest BCUT2D eigenvalue weighted by Crippen LogP contribution is -2.14. The summed E-state index contributed by atoms with van der Waals surface area (Å²) in [6, 6.07) is 0. The van der Waals surface area contributed by atoms with Gasteiger partial charge in [0.2, 0.25) is 0 Å². The minimum atomic E-state index is 0.605. The van der Waals surface area contributed by atoms with E-state index in [-0.39, 0.29) is 0 Å². The van der Waals surface area contributed by atoms with E-state index in [1.54, 1.807) is 0 Å². The third kappa shape index (κ3) is 2.16. The summed E-state index contributed by atoms with van der Waals surface area (Å²) in [6.45, 7) is 10.3. The van der Waals surface area contributed by atoms with Gasteiger partial charge < -0.3 is 4.57 Å². The Bertz CT molecular complexity index is 361. The van der Waals surface area contributed by atoms with Crippen LogP contribution in [0.5, 0.6) is 0 Å². The van der Waals surface area contributed by atoms with Crippen molar-refractivity contribution >= 4 is 0 Å². The molecule has 0 radical (unpaired) electrons. The predicted octanol–water partition coefficient (Wildman–Crippen LogP) is 3.54. The van der Waals surface area contributed by atoms with Crippen LogP contribution in [0.15, 0.2) is 0 Å². The van der Waals surface area contributed by atoms with Crippen molar-refractivity contribution in [3.05, 3.63) is 17.2 Å². The molecule has 2 rings (SSSR count). The highest BCUT2D eigenvalue weighted by molar-refractivity contribution is 5.22. The van der Waals surface area contributed by atoms with Crippen LogP contribution < -0.4 is 0 Å². The van der Waals surface area contributed by atoms with Crippen LogP contribution in [0, 0.1) is 5.92 Å². The molecule has 1 aromatic rings. The summed E-state index contributed by atoms with van der Waals surface area (Å²) in [5.41, 5.74) is 2.87. The van der Waals surface area contributed by atoms with Gasteiger partial charge in [0.05, 0.1) is 5.69 Å². The monoisotopic (exact) mass is 220 g/mol. The fourth-order valence-electron chi connectivity index (χ4n) is 2.74. The molecule has 1 aromatic heterocycles. The number of aryl methyl sites for hydroxylation is 1. The molecule has 2 heteroatoms. The summed E-state index contributed by atoms with van der Waals surface area (Å²) in [6.07, 6.45) is 4.95. The molecular formula is C14H24N2. The molecule has 0 amide bonds. The Kier molecular flexibility index (Phi) is 3.36. The lowest BCUT2D eigenvalue weighted by molar-refractivity contribution is 0.500. The van der Waals surface area contributed by atoms with E-state index in [1.807, 2.05) is 0 Å². The first-order chi connectivity index (χ1) is 7.59. The van der Waals surface area contributed by atoms with Gasteiger partial charge in [0.1, 0.15) is 5.82 Å². The maximum absolute atomic E-state index is 4.88. The molecule has 0 bridgehead atoms. The average molecular weight is 220 g/mol. The number of aromatic nitrogens is 2. The maximum atomic E-state index is 4.88. The summed E-state index contributed by atoms with van der Waals surface area (Å²) >= 11 is 0. The summed E-state index contributed by atoms with van der Waals surface area (Å²) < 4.78 is 2.49. The predicted molar refractivity (Wildman–Crippen MR) is 67.8 cm³/mol. The van der Waals surface area contributed by atoms with Crippen LogP contribution in [0.4, 0.5) is 0 Å². The molecule has 0 spiro atoms. The standard InChI is InChI=1S/C14H24N2/c1-10(2)9-12-14(11(3)4)16-8-6-5-7-13(16)15-12/h10-11H,5-9H2,1-4H3. The van der Waals surface area contributed by atoms with E-state index in [1.165, 1.54) is 43.0 Å². The molecule has 0 atom stereocenters. The second-order valence-electron chi connectivity index (χ2n) is 5.72. The number of imidazole rings is 1. The Morgan fingerprint density at radius 3 is 2.56 bits per heavy atom. The summed E-state index contributed by atoms with van der Waals surface area (Å²) in [4.78, 5) is 4.88. The zero-order chi connectivity index (χ0) is 11.7. The average Bonchev–Trinajstić information content (AvgIpc) is 2.53. The fourth-order valence-corrected chi connectivity index (χ4v) is 2.74. The van der Waals surface area contributed by atoms with E-state index < -0.39 is 0 Å². The van der Waals surface area contributed by atoms with Gasteiger partial charge in [-0.3, -0.25) is 0 Å². The van der Waals surface area contributed by atoms with Crippen LogP contribution in [-0.2, 0) is 19.4 Å². The Morgan fingerprint density at radius 1 is 1.19 bits per heavy atom. The van der Waals surface area contributed by atoms with Gasteiger partial charge in [-0.15, -0.1) is 0 Å². The fraction of sp³-hybridized carbons (Fsp3) is 0.786. The molecule has 0 saturated carbocycles. The minimum Gasteiger partial charge on any atom is -0.332 e. The van der Waals surface area contributed by atoms with Gasteiger partial charge in [-0.25, -0.2) is 4.98 Å². The van der Waals surface area contributed by atoms with Crippen molar-refractivity contribution < 1.29 is 0 Å². The lowest BCUT2D eigenvalue weighted by atomic mass is 10.0. The van der Waals surface area contributed by atoms with Crippen LogP contribution in [-0.4, -0.2) is 9.55 Å². The molecule has 0 N–H and O–H groups in total. The maximum Gasteiger partial charge on any atom is 0.109 e. The van der Waals surface area contributed by atoms with E-state index >= 15 is 0 Å². The van der Waals surface area contributed by atoms with Gasteiger partial charge >= 0.3 is 0 Å². The van der Waals surface area contributed by atoms with Crippen molar-refractivity contribution in [2.75, 3.05) is 0 Å². The molecule has 0 saturated heterocycles. The number of fused-ring (bicyclic) bond motifs is 1. The topological polar surface area (TPSA) is 17.8 Å². The zero-order valence-electron chi connectivity index (χ0n) is 11.1. The Hall–Kier alpha value is -0.790. The Morgan fingerprint density at radius 2 is 1.94 bits per heavy atom. The normalized spacial score (nSPS) is 15.9. The Labute approximate surface area is 99.1 Å². The van der Waals surface area contributed by atoms with Gasteiger partial charge in [0, 0.05) is 18.7 Å². The van der Waals surface area contributed by atoms with Crippen LogP contribution in [0.3, 0.4) is 0 Å². The first-order valence-corrected chi connectivity index (χ1v) is 6.67. The molecule has 0 aliphatic carbocycles. The van der Waals surface area contributed by atoms with Crippen molar-refractivity contribution in [2.24, 2.45) is 5.92 Å². The molecule has 1 aliphatic heterocycles. The van der Waals surface area contributed by atoms with E-state index in [9.17, 15) is 0 Å². The van der Waals surface area contributed by atoms with Crippen molar-refractivity contribution in [1.29, 1.82) is 0 Å². The lowest BCUT2D eigenvalue weighted by Gasteiger charge is -2.18. The molecule has 90 valence electrons. The number of hydrogen-bond donors (Lipinski definition) is 0. The van der Waals surface area contributed by atoms with Gasteiger partial charge in [0.15, 0.2) is 0 Å². The third-order valence-electron chi connectivity index (χ3n) is 3.34. The van der Waals surface area contributed by atoms with Gasteiger partial charge in [-0.1, -0.05) is 27.7 Å². The molecule has 16 heavy (non-hydrogen) atoms. The summed E-state index contributed by atoms with van der Waals surface area (Å²) in [5.74, 6) is 2.65. The molecule has 1 aliphatic rings. The Balaban J connectivity index is 2.39. The molecule has 0 fully saturated rings. The van der Waals surface area contributed by atoms with Crippen LogP contribution >= 0.6 is 0 Å². The quantitative estimate of drug-likeness (QED) is 0.762. The smallest absolute Gasteiger partial charge is 0.109 e. The van der Waals surface area contributed by atoms with Crippen molar-refractivity contribution in [1.82, 2.24) is 9.55 Å².